The fourth-order valence-corrected chi connectivity index (χ4v) is 4.28. The standard InChI is InChI=1S/C24H24ClN2O/c1-17-15-18(2)23(19(3)16-17)27-14-13-26(24(27)25)21-11-7-8-12-22(21)28-20-9-5-4-6-10-20/h4-12,15-16H,13-14H2,1-3H3/q+1. The Labute approximate surface area is 171 Å². The minimum atomic E-state index is 0.708. The Balaban J connectivity index is 1.72. The number of hydrogen-bond acceptors (Lipinski definition) is 2. The van der Waals surface area contributed by atoms with Gasteiger partial charge in [0.1, 0.15) is 24.5 Å². The molecule has 4 heteroatoms. The lowest BCUT2D eigenvalue weighted by Gasteiger charge is -2.14. The summed E-state index contributed by atoms with van der Waals surface area (Å²) in [6.07, 6.45) is 0. The Kier molecular flexibility index (Phi) is 5.10. The molecule has 0 aliphatic carbocycles. The Morgan fingerprint density at radius 1 is 0.893 bits per heavy atom. The lowest BCUT2D eigenvalue weighted by molar-refractivity contribution is -0.427. The van der Waals surface area contributed by atoms with Gasteiger partial charge in [-0.05, 0) is 56.2 Å². The van der Waals surface area contributed by atoms with Gasteiger partial charge in [-0.2, -0.15) is 0 Å². The fourth-order valence-electron chi connectivity index (χ4n) is 3.93. The highest BCUT2D eigenvalue weighted by Crippen LogP contribution is 2.35. The summed E-state index contributed by atoms with van der Waals surface area (Å²) in [5.41, 5.74) is 5.92. The van der Waals surface area contributed by atoms with Crippen LogP contribution in [0, 0.1) is 20.8 Å². The molecule has 0 amide bonds. The molecule has 0 fully saturated rings. The molecular formula is C24H24ClN2O+. The van der Waals surface area contributed by atoms with Crippen molar-refractivity contribution >= 4 is 28.3 Å². The summed E-state index contributed by atoms with van der Waals surface area (Å²) in [6, 6.07) is 22.3. The van der Waals surface area contributed by atoms with Crippen LogP contribution in [0.25, 0.3) is 0 Å². The summed E-state index contributed by atoms with van der Waals surface area (Å²) < 4.78 is 8.34. The monoisotopic (exact) mass is 391 g/mol. The van der Waals surface area contributed by atoms with Crippen LogP contribution < -0.4 is 9.64 Å². The van der Waals surface area contributed by atoms with E-state index in [0.717, 1.165) is 30.3 Å². The van der Waals surface area contributed by atoms with Gasteiger partial charge in [0, 0.05) is 11.6 Å². The summed E-state index contributed by atoms with van der Waals surface area (Å²) in [5.74, 6) is 1.61. The minimum Gasteiger partial charge on any atom is -0.453 e. The first-order chi connectivity index (χ1) is 13.5. The van der Waals surface area contributed by atoms with Crippen molar-refractivity contribution < 1.29 is 9.31 Å². The van der Waals surface area contributed by atoms with Crippen molar-refractivity contribution in [3.63, 3.8) is 0 Å². The summed E-state index contributed by atoms with van der Waals surface area (Å²) in [6.45, 7) is 8.07. The summed E-state index contributed by atoms with van der Waals surface area (Å²) >= 11 is 6.88. The number of aryl methyl sites for hydroxylation is 3. The second-order valence-electron chi connectivity index (χ2n) is 7.20. The lowest BCUT2D eigenvalue weighted by atomic mass is 10.0. The van der Waals surface area contributed by atoms with E-state index in [1.54, 1.807) is 0 Å². The largest absolute Gasteiger partial charge is 0.453 e. The third-order valence-corrected chi connectivity index (χ3v) is 5.43. The molecule has 0 N–H and O–H groups in total. The van der Waals surface area contributed by atoms with E-state index in [2.05, 4.69) is 48.4 Å². The van der Waals surface area contributed by atoms with Crippen LogP contribution in [0.5, 0.6) is 11.5 Å². The zero-order valence-corrected chi connectivity index (χ0v) is 17.2. The maximum atomic E-state index is 6.88. The number of nitrogens with zero attached hydrogens (tertiary/aromatic N) is 2. The average molecular weight is 392 g/mol. The van der Waals surface area contributed by atoms with Gasteiger partial charge in [0.05, 0.1) is 0 Å². The van der Waals surface area contributed by atoms with Crippen LogP contribution in [0.15, 0.2) is 66.7 Å². The van der Waals surface area contributed by atoms with Gasteiger partial charge in [-0.3, -0.25) is 0 Å². The van der Waals surface area contributed by atoms with Gasteiger partial charge in [-0.25, -0.2) is 9.48 Å². The molecule has 3 aromatic rings. The van der Waals surface area contributed by atoms with Crippen molar-refractivity contribution in [2.45, 2.75) is 20.8 Å². The normalized spacial score (nSPS) is 13.9. The van der Waals surface area contributed by atoms with Gasteiger partial charge in [-0.15, -0.1) is 0 Å². The molecule has 0 bridgehead atoms. The zero-order valence-electron chi connectivity index (χ0n) is 16.4. The van der Waals surface area contributed by atoms with Crippen LogP contribution in [0.2, 0.25) is 0 Å². The smallest absolute Gasteiger partial charge is 0.355 e. The molecule has 142 valence electrons. The van der Waals surface area contributed by atoms with E-state index in [1.807, 2.05) is 48.5 Å². The van der Waals surface area contributed by atoms with Crippen LogP contribution in [-0.2, 0) is 0 Å². The Hall–Kier alpha value is -2.78. The topological polar surface area (TPSA) is 15.5 Å². The van der Waals surface area contributed by atoms with E-state index >= 15 is 0 Å². The number of hydrogen-bond donors (Lipinski definition) is 0. The second-order valence-corrected chi connectivity index (χ2v) is 7.54. The molecule has 0 unspecified atom stereocenters. The minimum absolute atomic E-state index is 0.708. The van der Waals surface area contributed by atoms with E-state index in [0.29, 0.717) is 5.29 Å². The Bertz CT molecular complexity index is 1020. The molecule has 3 nitrogen and oxygen atoms in total. The fraction of sp³-hybridized carbons (Fsp3) is 0.208. The molecule has 0 saturated carbocycles. The number of anilines is 1. The highest BCUT2D eigenvalue weighted by atomic mass is 35.5. The van der Waals surface area contributed by atoms with Crippen LogP contribution in [0.3, 0.4) is 0 Å². The van der Waals surface area contributed by atoms with E-state index in [1.165, 1.54) is 22.4 Å². The molecule has 3 aromatic carbocycles. The van der Waals surface area contributed by atoms with Gasteiger partial charge < -0.3 is 4.74 Å². The first-order valence-corrected chi connectivity index (χ1v) is 9.89. The van der Waals surface area contributed by atoms with E-state index in [4.69, 9.17) is 16.3 Å². The average Bonchev–Trinajstić information content (AvgIpc) is 3.03. The van der Waals surface area contributed by atoms with Crippen molar-refractivity contribution in [1.82, 2.24) is 0 Å². The van der Waals surface area contributed by atoms with E-state index < -0.39 is 0 Å². The number of rotatable bonds is 4. The SMILES string of the molecule is Cc1cc(C)c([N+]2=C(Cl)N(c3ccccc3Oc3ccccc3)CC2)c(C)c1. The van der Waals surface area contributed by atoms with Crippen molar-refractivity contribution in [2.75, 3.05) is 18.0 Å². The summed E-state index contributed by atoms with van der Waals surface area (Å²) in [4.78, 5) is 2.12. The summed E-state index contributed by atoms with van der Waals surface area (Å²) in [5, 5.41) is 0.708. The molecule has 28 heavy (non-hydrogen) atoms. The van der Waals surface area contributed by atoms with Crippen molar-refractivity contribution in [3.05, 3.63) is 83.4 Å². The number of benzene rings is 3. The number of ether oxygens (including phenoxy) is 1. The van der Waals surface area contributed by atoms with Gasteiger partial charge in [0.15, 0.2) is 11.4 Å². The van der Waals surface area contributed by atoms with Crippen molar-refractivity contribution in [1.29, 1.82) is 0 Å². The molecule has 0 radical (unpaired) electrons. The van der Waals surface area contributed by atoms with E-state index in [9.17, 15) is 0 Å². The molecule has 0 spiro atoms. The third kappa shape index (κ3) is 3.50. The van der Waals surface area contributed by atoms with Crippen LogP contribution in [-0.4, -0.2) is 23.0 Å². The van der Waals surface area contributed by atoms with Crippen molar-refractivity contribution in [2.24, 2.45) is 0 Å². The highest BCUT2D eigenvalue weighted by molar-refractivity contribution is 6.66. The zero-order chi connectivity index (χ0) is 19.7. The first kappa shape index (κ1) is 18.6. The van der Waals surface area contributed by atoms with E-state index in [-0.39, 0.29) is 0 Å². The molecule has 0 atom stereocenters. The molecule has 0 saturated heterocycles. The number of amidine groups is 1. The summed E-state index contributed by atoms with van der Waals surface area (Å²) in [7, 11) is 0. The number of para-hydroxylation sites is 3. The van der Waals surface area contributed by atoms with Gasteiger partial charge in [0.25, 0.3) is 0 Å². The molecule has 1 heterocycles. The van der Waals surface area contributed by atoms with Gasteiger partial charge >= 0.3 is 5.29 Å². The maximum Gasteiger partial charge on any atom is 0.355 e. The molecule has 4 rings (SSSR count). The van der Waals surface area contributed by atoms with Crippen LogP contribution >= 0.6 is 11.6 Å². The Morgan fingerprint density at radius 2 is 1.54 bits per heavy atom. The predicted octanol–water partition coefficient (Wildman–Crippen LogP) is 6.16. The quantitative estimate of drug-likeness (QED) is 0.390. The maximum absolute atomic E-state index is 6.88. The predicted molar refractivity (Wildman–Crippen MR) is 117 cm³/mol. The van der Waals surface area contributed by atoms with Gasteiger partial charge in [0.2, 0.25) is 0 Å². The Morgan fingerprint density at radius 3 is 2.25 bits per heavy atom. The molecule has 0 aromatic heterocycles. The highest BCUT2D eigenvalue weighted by Gasteiger charge is 2.35. The third-order valence-electron chi connectivity index (χ3n) is 5.03. The van der Waals surface area contributed by atoms with Crippen molar-refractivity contribution in [3.8, 4) is 11.5 Å². The number of halogens is 1. The first-order valence-electron chi connectivity index (χ1n) is 9.52. The lowest BCUT2D eigenvalue weighted by Crippen LogP contribution is -2.24. The second kappa shape index (κ2) is 7.69. The molecular weight excluding hydrogens is 368 g/mol. The van der Waals surface area contributed by atoms with Gasteiger partial charge in [-0.1, -0.05) is 48.0 Å². The molecule has 1 aliphatic heterocycles. The van der Waals surface area contributed by atoms with Crippen LogP contribution in [0.4, 0.5) is 11.4 Å². The van der Waals surface area contributed by atoms with Crippen LogP contribution in [0.1, 0.15) is 16.7 Å². The molecule has 1 aliphatic rings.